The summed E-state index contributed by atoms with van der Waals surface area (Å²) in [4.78, 5) is 4.19. The molecule has 13 heavy (non-hydrogen) atoms. The Morgan fingerprint density at radius 3 is 3.15 bits per heavy atom. The Morgan fingerprint density at radius 2 is 2.31 bits per heavy atom. The fraction of sp³-hybridized carbons (Fsp3) is 0.500. The van der Waals surface area contributed by atoms with E-state index >= 15 is 0 Å². The van der Waals surface area contributed by atoms with E-state index in [0.29, 0.717) is 0 Å². The maximum absolute atomic E-state index is 5.42. The molecule has 0 saturated heterocycles. The number of hydrogen-bond acceptors (Lipinski definition) is 3. The first-order chi connectivity index (χ1) is 6.47. The van der Waals surface area contributed by atoms with Gasteiger partial charge in [0.25, 0.3) is 0 Å². The van der Waals surface area contributed by atoms with Crippen molar-refractivity contribution in [2.24, 2.45) is 0 Å². The predicted molar refractivity (Wildman–Crippen MR) is 52.8 cm³/mol. The van der Waals surface area contributed by atoms with Gasteiger partial charge in [-0.15, -0.1) is 0 Å². The summed E-state index contributed by atoms with van der Waals surface area (Å²) in [6.45, 7) is 6.45. The van der Waals surface area contributed by atoms with Crippen molar-refractivity contribution in [2.45, 2.75) is 20.4 Å². The number of nitrogens with one attached hydrogen (secondary N) is 1. The van der Waals surface area contributed by atoms with Gasteiger partial charge in [0, 0.05) is 19.3 Å². The lowest BCUT2D eigenvalue weighted by Crippen LogP contribution is -2.16. The van der Waals surface area contributed by atoms with Gasteiger partial charge in [-0.3, -0.25) is 4.98 Å². The third-order valence-corrected chi connectivity index (χ3v) is 1.68. The molecule has 0 fully saturated rings. The van der Waals surface area contributed by atoms with Crippen LogP contribution in [0.1, 0.15) is 19.5 Å². The standard InChI is InChI=1S/C8H10N2O.C2H6/c1-2-8-7(10-3-1)6-9-4-5-11-8;1-2/h1-3,9H,4-6H2;1-2H3. The molecule has 0 spiro atoms. The highest BCUT2D eigenvalue weighted by Gasteiger charge is 2.06. The van der Waals surface area contributed by atoms with Gasteiger partial charge in [0.05, 0.1) is 5.69 Å². The highest BCUT2D eigenvalue weighted by molar-refractivity contribution is 5.27. The van der Waals surface area contributed by atoms with Gasteiger partial charge in [0.2, 0.25) is 0 Å². The zero-order valence-electron chi connectivity index (χ0n) is 8.21. The van der Waals surface area contributed by atoms with Gasteiger partial charge in [0.15, 0.2) is 0 Å². The summed E-state index contributed by atoms with van der Waals surface area (Å²) < 4.78 is 5.42. The van der Waals surface area contributed by atoms with Crippen molar-refractivity contribution >= 4 is 0 Å². The zero-order valence-corrected chi connectivity index (χ0v) is 8.21. The van der Waals surface area contributed by atoms with Gasteiger partial charge in [-0.1, -0.05) is 13.8 Å². The predicted octanol–water partition coefficient (Wildman–Crippen LogP) is 1.59. The van der Waals surface area contributed by atoms with Crippen molar-refractivity contribution in [3.05, 3.63) is 24.0 Å². The van der Waals surface area contributed by atoms with Crippen LogP contribution in [0.5, 0.6) is 5.75 Å². The molecule has 0 bridgehead atoms. The first kappa shape index (κ1) is 9.99. The van der Waals surface area contributed by atoms with Gasteiger partial charge < -0.3 is 10.1 Å². The molecule has 2 rings (SSSR count). The van der Waals surface area contributed by atoms with Crippen molar-refractivity contribution < 1.29 is 4.74 Å². The summed E-state index contributed by atoms with van der Waals surface area (Å²) >= 11 is 0. The number of ether oxygens (including phenoxy) is 1. The molecule has 0 radical (unpaired) electrons. The smallest absolute Gasteiger partial charge is 0.142 e. The lowest BCUT2D eigenvalue weighted by molar-refractivity contribution is 0.325. The Bertz CT molecular complexity index is 225. The SMILES string of the molecule is CC.c1cnc2c(c1)OCCNC2. The molecule has 1 N–H and O–H groups in total. The molecule has 0 aromatic carbocycles. The van der Waals surface area contributed by atoms with Gasteiger partial charge >= 0.3 is 0 Å². The maximum Gasteiger partial charge on any atom is 0.142 e. The van der Waals surface area contributed by atoms with Crippen LogP contribution in [0.3, 0.4) is 0 Å². The maximum atomic E-state index is 5.42. The van der Waals surface area contributed by atoms with Crippen LogP contribution in [-0.2, 0) is 6.54 Å². The molecular formula is C10H16N2O. The largest absolute Gasteiger partial charge is 0.490 e. The van der Waals surface area contributed by atoms with Crippen molar-refractivity contribution in [3.63, 3.8) is 0 Å². The van der Waals surface area contributed by atoms with Gasteiger partial charge in [-0.25, -0.2) is 0 Å². The van der Waals surface area contributed by atoms with Crippen LogP contribution in [0.15, 0.2) is 18.3 Å². The first-order valence-corrected chi connectivity index (χ1v) is 4.74. The molecule has 1 aliphatic rings. The van der Waals surface area contributed by atoms with Crippen LogP contribution in [0.25, 0.3) is 0 Å². The summed E-state index contributed by atoms with van der Waals surface area (Å²) in [5.74, 6) is 0.914. The van der Waals surface area contributed by atoms with Crippen LogP contribution < -0.4 is 10.1 Å². The summed E-state index contributed by atoms with van der Waals surface area (Å²) in [5, 5.41) is 3.22. The van der Waals surface area contributed by atoms with E-state index in [1.54, 1.807) is 6.20 Å². The van der Waals surface area contributed by atoms with E-state index in [2.05, 4.69) is 10.3 Å². The topological polar surface area (TPSA) is 34.1 Å². The fourth-order valence-corrected chi connectivity index (χ4v) is 1.13. The first-order valence-electron chi connectivity index (χ1n) is 4.74. The highest BCUT2D eigenvalue weighted by atomic mass is 16.5. The van der Waals surface area contributed by atoms with E-state index in [4.69, 9.17) is 4.74 Å². The minimum Gasteiger partial charge on any atom is -0.490 e. The van der Waals surface area contributed by atoms with Gasteiger partial charge in [0.1, 0.15) is 12.4 Å². The molecule has 3 nitrogen and oxygen atoms in total. The summed E-state index contributed by atoms with van der Waals surface area (Å²) in [7, 11) is 0. The number of aromatic nitrogens is 1. The molecule has 0 atom stereocenters. The van der Waals surface area contributed by atoms with E-state index in [1.165, 1.54) is 0 Å². The third kappa shape index (κ3) is 2.70. The Balaban J connectivity index is 0.000000396. The lowest BCUT2D eigenvalue weighted by atomic mass is 10.3. The average molecular weight is 180 g/mol. The van der Waals surface area contributed by atoms with Crippen LogP contribution >= 0.6 is 0 Å². The second-order valence-corrected chi connectivity index (χ2v) is 2.47. The molecule has 0 unspecified atom stereocenters. The minimum absolute atomic E-state index is 0.735. The van der Waals surface area contributed by atoms with E-state index in [-0.39, 0.29) is 0 Å². The zero-order chi connectivity index (χ0) is 9.52. The molecular weight excluding hydrogens is 164 g/mol. The average Bonchev–Trinajstić information content (AvgIpc) is 2.45. The molecule has 72 valence electrons. The summed E-state index contributed by atoms with van der Waals surface area (Å²) in [6, 6.07) is 3.85. The molecule has 3 heteroatoms. The van der Waals surface area contributed by atoms with Gasteiger partial charge in [-0.05, 0) is 12.1 Å². The van der Waals surface area contributed by atoms with Crippen molar-refractivity contribution in [1.82, 2.24) is 10.3 Å². The number of nitrogens with zero attached hydrogens (tertiary/aromatic N) is 1. The monoisotopic (exact) mass is 180 g/mol. The molecule has 2 heterocycles. The number of fused-ring (bicyclic) bond motifs is 1. The Morgan fingerprint density at radius 1 is 1.46 bits per heavy atom. The van der Waals surface area contributed by atoms with E-state index in [1.807, 2.05) is 26.0 Å². The Hall–Kier alpha value is -1.09. The summed E-state index contributed by atoms with van der Waals surface area (Å²) in [5.41, 5.74) is 1.00. The van der Waals surface area contributed by atoms with Crippen molar-refractivity contribution in [2.75, 3.05) is 13.2 Å². The number of pyridine rings is 1. The molecule has 1 aromatic rings. The fourth-order valence-electron chi connectivity index (χ4n) is 1.13. The normalized spacial score (nSPS) is 14.3. The Kier molecular flexibility index (Phi) is 4.26. The highest BCUT2D eigenvalue weighted by Crippen LogP contribution is 2.15. The van der Waals surface area contributed by atoms with Gasteiger partial charge in [-0.2, -0.15) is 0 Å². The second-order valence-electron chi connectivity index (χ2n) is 2.47. The van der Waals surface area contributed by atoms with Crippen LogP contribution in [-0.4, -0.2) is 18.1 Å². The van der Waals surface area contributed by atoms with Crippen LogP contribution in [0.2, 0.25) is 0 Å². The van der Waals surface area contributed by atoms with E-state index in [9.17, 15) is 0 Å². The van der Waals surface area contributed by atoms with Crippen LogP contribution in [0.4, 0.5) is 0 Å². The number of hydrogen-bond donors (Lipinski definition) is 1. The third-order valence-electron chi connectivity index (χ3n) is 1.68. The van der Waals surface area contributed by atoms with Crippen molar-refractivity contribution in [3.8, 4) is 5.75 Å². The molecule has 0 amide bonds. The molecule has 0 aliphatic carbocycles. The Labute approximate surface area is 79.1 Å². The van der Waals surface area contributed by atoms with Crippen LogP contribution in [0, 0.1) is 0 Å². The van der Waals surface area contributed by atoms with E-state index < -0.39 is 0 Å². The number of rotatable bonds is 0. The minimum atomic E-state index is 0.735. The van der Waals surface area contributed by atoms with E-state index in [0.717, 1.165) is 31.1 Å². The molecule has 1 aliphatic heterocycles. The summed E-state index contributed by atoms with van der Waals surface area (Å²) in [6.07, 6.45) is 1.79. The lowest BCUT2D eigenvalue weighted by Gasteiger charge is -2.02. The van der Waals surface area contributed by atoms with Crippen molar-refractivity contribution in [1.29, 1.82) is 0 Å². The molecule has 1 aromatic heterocycles. The quantitative estimate of drug-likeness (QED) is 0.658. The second kappa shape index (κ2) is 5.54. The molecule has 0 saturated carbocycles.